The summed E-state index contributed by atoms with van der Waals surface area (Å²) in [7, 11) is 0. The molecule has 0 bridgehead atoms. The number of rotatable bonds is 47. The first-order chi connectivity index (χ1) is 33.0. The molecule has 0 aliphatic rings. The largest absolute Gasteiger partial charge is 0.462 e. The fourth-order valence-corrected chi connectivity index (χ4v) is 6.96. The maximum atomic E-state index is 12.8. The molecule has 1 unspecified atom stereocenters. The molecule has 0 spiro atoms. The average Bonchev–Trinajstić information content (AvgIpc) is 3.33. The van der Waals surface area contributed by atoms with Crippen LogP contribution in [0.5, 0.6) is 0 Å². The second-order valence-corrected chi connectivity index (χ2v) is 17.4. The van der Waals surface area contributed by atoms with E-state index in [2.05, 4.69) is 142 Å². The van der Waals surface area contributed by atoms with Crippen molar-refractivity contribution in [2.75, 3.05) is 13.2 Å². The summed E-state index contributed by atoms with van der Waals surface area (Å²) >= 11 is 0. The number of hydrogen-bond donors (Lipinski definition) is 0. The van der Waals surface area contributed by atoms with Crippen LogP contribution in [0, 0.1) is 0 Å². The Hall–Kier alpha value is -4.19. The summed E-state index contributed by atoms with van der Waals surface area (Å²) < 4.78 is 16.8. The number of ether oxygens (including phenoxy) is 3. The molecule has 6 nitrogen and oxygen atoms in total. The number of hydrogen-bond acceptors (Lipinski definition) is 6. The standard InChI is InChI=1S/C61H98O6/c1-4-7-10-13-16-19-21-23-25-27-28-29-30-31-32-34-35-37-39-42-45-48-51-54-60(63)66-57-58(56-65-59(62)53-50-47-44-41-18-15-12-9-6-3)67-61(64)55-52-49-46-43-40-38-36-33-26-24-22-20-17-14-11-8-5-2/h7-8,10-11,16-17,19-20,23-26,28-29,31-32,35-38,58H,4-6,9,12-15,18,21-22,27,30,33-34,39-57H2,1-3H3/b10-7-,11-8-,19-16-,20-17-,25-23-,26-24-,29-28-,32-31-,37-35-,38-36-. The number of carbonyl (C=O) groups excluding carboxylic acids is 3. The third kappa shape index (κ3) is 52.6. The highest BCUT2D eigenvalue weighted by atomic mass is 16.6. The number of unbranched alkanes of at least 4 members (excludes halogenated alkanes) is 16. The number of allylic oxidation sites excluding steroid dienone is 20. The second-order valence-electron chi connectivity index (χ2n) is 17.4. The van der Waals surface area contributed by atoms with Crippen LogP contribution in [-0.4, -0.2) is 37.2 Å². The molecule has 0 radical (unpaired) electrons. The van der Waals surface area contributed by atoms with Gasteiger partial charge in [-0.05, 0) is 109 Å². The van der Waals surface area contributed by atoms with Gasteiger partial charge in [-0.2, -0.15) is 0 Å². The van der Waals surface area contributed by atoms with E-state index in [1.165, 1.54) is 38.5 Å². The Bertz CT molecular complexity index is 1440. The summed E-state index contributed by atoms with van der Waals surface area (Å²) in [5, 5.41) is 0. The van der Waals surface area contributed by atoms with Gasteiger partial charge in [-0.25, -0.2) is 0 Å². The van der Waals surface area contributed by atoms with Crippen molar-refractivity contribution in [3.8, 4) is 0 Å². The Morgan fingerprint density at radius 1 is 0.313 bits per heavy atom. The SMILES string of the molecule is CC/C=C\C/C=C\C/C=C\C/C=C\C/C=C\C/C=C\CCCCCCC(=O)OCC(COC(=O)CCCCCCCCCCC)OC(=O)CCCCCC/C=C\C/C=C\C/C=C\C/C=C\CC. The van der Waals surface area contributed by atoms with Crippen molar-refractivity contribution < 1.29 is 28.6 Å². The Labute approximate surface area is 412 Å². The maximum Gasteiger partial charge on any atom is 0.306 e. The van der Waals surface area contributed by atoms with Crippen LogP contribution in [0.3, 0.4) is 0 Å². The van der Waals surface area contributed by atoms with E-state index < -0.39 is 6.10 Å². The fraction of sp³-hybridized carbons (Fsp3) is 0.623. The molecule has 0 N–H and O–H groups in total. The molecular formula is C61H98O6. The zero-order chi connectivity index (χ0) is 48.6. The van der Waals surface area contributed by atoms with Gasteiger partial charge in [0.2, 0.25) is 0 Å². The van der Waals surface area contributed by atoms with E-state index >= 15 is 0 Å². The summed E-state index contributed by atoms with van der Waals surface area (Å²) in [4.78, 5) is 38.0. The van der Waals surface area contributed by atoms with Crippen molar-refractivity contribution in [3.63, 3.8) is 0 Å². The summed E-state index contributed by atoms with van der Waals surface area (Å²) in [5.41, 5.74) is 0. The van der Waals surface area contributed by atoms with Crippen LogP contribution in [0.1, 0.15) is 226 Å². The van der Waals surface area contributed by atoms with Gasteiger partial charge in [-0.15, -0.1) is 0 Å². The quantitative estimate of drug-likeness (QED) is 0.0262. The first-order valence-corrected chi connectivity index (χ1v) is 27.0. The Kier molecular flexibility index (Phi) is 51.0. The fourth-order valence-electron chi connectivity index (χ4n) is 6.96. The van der Waals surface area contributed by atoms with Crippen molar-refractivity contribution >= 4 is 17.9 Å². The molecule has 0 aromatic heterocycles. The highest BCUT2D eigenvalue weighted by molar-refractivity contribution is 5.71. The summed E-state index contributed by atoms with van der Waals surface area (Å²) in [6, 6.07) is 0. The zero-order valence-corrected chi connectivity index (χ0v) is 43.1. The Balaban J connectivity index is 4.41. The van der Waals surface area contributed by atoms with Gasteiger partial charge < -0.3 is 14.2 Å². The first-order valence-electron chi connectivity index (χ1n) is 27.0. The van der Waals surface area contributed by atoms with Crippen molar-refractivity contribution in [1.82, 2.24) is 0 Å². The van der Waals surface area contributed by atoms with Crippen LogP contribution in [0.2, 0.25) is 0 Å². The first kappa shape index (κ1) is 62.8. The van der Waals surface area contributed by atoms with Crippen molar-refractivity contribution in [2.24, 2.45) is 0 Å². The van der Waals surface area contributed by atoms with Gasteiger partial charge in [-0.1, -0.05) is 219 Å². The summed E-state index contributed by atoms with van der Waals surface area (Å²) in [5.74, 6) is -0.957. The molecule has 67 heavy (non-hydrogen) atoms. The van der Waals surface area contributed by atoms with Gasteiger partial charge in [0.15, 0.2) is 6.10 Å². The van der Waals surface area contributed by atoms with E-state index in [0.29, 0.717) is 19.3 Å². The molecule has 1 atom stereocenters. The van der Waals surface area contributed by atoms with Crippen LogP contribution in [0.15, 0.2) is 122 Å². The summed E-state index contributed by atoms with van der Waals surface area (Å²) in [6.45, 7) is 6.33. The van der Waals surface area contributed by atoms with Crippen LogP contribution in [-0.2, 0) is 28.6 Å². The van der Waals surface area contributed by atoms with Crippen LogP contribution in [0.25, 0.3) is 0 Å². The van der Waals surface area contributed by atoms with Gasteiger partial charge in [-0.3, -0.25) is 14.4 Å². The van der Waals surface area contributed by atoms with E-state index in [9.17, 15) is 14.4 Å². The molecule has 0 aliphatic carbocycles. The normalized spacial score (nSPS) is 13.1. The molecule has 0 saturated carbocycles. The third-order valence-corrected chi connectivity index (χ3v) is 11.0. The molecule has 6 heteroatoms. The molecule has 0 saturated heterocycles. The van der Waals surface area contributed by atoms with Gasteiger partial charge in [0.25, 0.3) is 0 Å². The third-order valence-electron chi connectivity index (χ3n) is 11.0. The highest BCUT2D eigenvalue weighted by Crippen LogP contribution is 2.13. The predicted molar refractivity (Wildman–Crippen MR) is 288 cm³/mol. The minimum absolute atomic E-state index is 0.0985. The smallest absolute Gasteiger partial charge is 0.306 e. The molecule has 378 valence electrons. The average molecular weight is 927 g/mol. The van der Waals surface area contributed by atoms with Gasteiger partial charge >= 0.3 is 17.9 Å². The van der Waals surface area contributed by atoms with E-state index in [1.54, 1.807) is 0 Å². The molecule has 0 amide bonds. The zero-order valence-electron chi connectivity index (χ0n) is 43.1. The maximum absolute atomic E-state index is 12.8. The minimum atomic E-state index is -0.803. The predicted octanol–water partition coefficient (Wildman–Crippen LogP) is 18.1. The minimum Gasteiger partial charge on any atom is -0.462 e. The van der Waals surface area contributed by atoms with Gasteiger partial charge in [0.1, 0.15) is 13.2 Å². The lowest BCUT2D eigenvalue weighted by molar-refractivity contribution is -0.167. The molecule has 0 aliphatic heterocycles. The molecule has 0 heterocycles. The topological polar surface area (TPSA) is 78.9 Å². The molecular weight excluding hydrogens is 829 g/mol. The monoisotopic (exact) mass is 927 g/mol. The van der Waals surface area contributed by atoms with Crippen LogP contribution >= 0.6 is 0 Å². The molecule has 0 fully saturated rings. The second kappa shape index (κ2) is 54.4. The van der Waals surface area contributed by atoms with Crippen LogP contribution in [0.4, 0.5) is 0 Å². The Morgan fingerprint density at radius 2 is 0.582 bits per heavy atom. The van der Waals surface area contributed by atoms with Crippen molar-refractivity contribution in [2.45, 2.75) is 232 Å². The lowest BCUT2D eigenvalue weighted by Crippen LogP contribution is -2.30. The van der Waals surface area contributed by atoms with Gasteiger partial charge in [0.05, 0.1) is 0 Å². The molecule has 0 aromatic carbocycles. The molecule has 0 aromatic rings. The lowest BCUT2D eigenvalue weighted by Gasteiger charge is -2.18. The van der Waals surface area contributed by atoms with Gasteiger partial charge in [0, 0.05) is 19.3 Å². The van der Waals surface area contributed by atoms with Crippen molar-refractivity contribution in [1.29, 1.82) is 0 Å². The van der Waals surface area contributed by atoms with Crippen LogP contribution < -0.4 is 0 Å². The Morgan fingerprint density at radius 3 is 0.910 bits per heavy atom. The lowest BCUT2D eigenvalue weighted by atomic mass is 10.1. The van der Waals surface area contributed by atoms with E-state index in [-0.39, 0.29) is 31.1 Å². The molecule has 0 rings (SSSR count). The van der Waals surface area contributed by atoms with E-state index in [1.807, 2.05) is 0 Å². The van der Waals surface area contributed by atoms with Crippen molar-refractivity contribution in [3.05, 3.63) is 122 Å². The highest BCUT2D eigenvalue weighted by Gasteiger charge is 2.19. The van der Waals surface area contributed by atoms with E-state index in [0.717, 1.165) is 148 Å². The van der Waals surface area contributed by atoms with E-state index in [4.69, 9.17) is 14.2 Å². The summed E-state index contributed by atoms with van der Waals surface area (Å²) in [6.07, 6.45) is 74.7. The number of esters is 3. The number of carbonyl (C=O) groups is 3.